The Bertz CT molecular complexity index is 221. The van der Waals surface area contributed by atoms with E-state index in [4.69, 9.17) is 11.5 Å². The van der Waals surface area contributed by atoms with Gasteiger partial charge in [-0.15, -0.1) is 0 Å². The van der Waals surface area contributed by atoms with E-state index in [-0.39, 0.29) is 0 Å². The minimum absolute atomic E-state index is 0.292. The Labute approximate surface area is 93.5 Å². The highest BCUT2D eigenvalue weighted by Gasteiger charge is 2.28. The zero-order valence-electron chi connectivity index (χ0n) is 10.2. The maximum absolute atomic E-state index is 6.13. The standard InChI is InChI=1S/C12H25N3/c1-9(2)6-7-15(3)12-8-10(13)4-5-11(12)14/h6,10-12H,4-5,7-8,13-14H2,1-3H3. The number of hydrogen-bond donors (Lipinski definition) is 2. The molecule has 0 bridgehead atoms. The van der Waals surface area contributed by atoms with Crippen LogP contribution in [0.3, 0.4) is 0 Å². The van der Waals surface area contributed by atoms with E-state index in [1.54, 1.807) is 0 Å². The average Bonchev–Trinajstić information content (AvgIpc) is 2.18. The van der Waals surface area contributed by atoms with Gasteiger partial charge in [-0.2, -0.15) is 0 Å². The van der Waals surface area contributed by atoms with Gasteiger partial charge in [-0.1, -0.05) is 11.6 Å². The second-order valence-electron chi connectivity index (χ2n) is 5.03. The molecule has 3 unspecified atom stereocenters. The molecule has 3 heteroatoms. The van der Waals surface area contributed by atoms with Crippen molar-refractivity contribution in [1.29, 1.82) is 0 Å². The largest absolute Gasteiger partial charge is 0.328 e. The zero-order chi connectivity index (χ0) is 11.4. The summed E-state index contributed by atoms with van der Waals surface area (Å²) in [5, 5.41) is 0. The van der Waals surface area contributed by atoms with Crippen LogP contribution in [0.15, 0.2) is 11.6 Å². The molecular weight excluding hydrogens is 186 g/mol. The van der Waals surface area contributed by atoms with E-state index in [9.17, 15) is 0 Å². The maximum Gasteiger partial charge on any atom is 0.0262 e. The minimum atomic E-state index is 0.292. The topological polar surface area (TPSA) is 55.3 Å². The van der Waals surface area contributed by atoms with Gasteiger partial charge in [-0.3, -0.25) is 4.90 Å². The second-order valence-corrected chi connectivity index (χ2v) is 5.03. The lowest BCUT2D eigenvalue weighted by Crippen LogP contribution is -2.52. The van der Waals surface area contributed by atoms with Gasteiger partial charge in [-0.25, -0.2) is 0 Å². The number of nitrogens with zero attached hydrogens (tertiary/aromatic N) is 1. The molecule has 0 amide bonds. The molecular formula is C12H25N3. The van der Waals surface area contributed by atoms with Gasteiger partial charge in [0.15, 0.2) is 0 Å². The van der Waals surface area contributed by atoms with E-state index in [1.807, 2.05) is 0 Å². The first-order valence-corrected chi connectivity index (χ1v) is 5.85. The summed E-state index contributed by atoms with van der Waals surface area (Å²) in [5.74, 6) is 0. The van der Waals surface area contributed by atoms with E-state index >= 15 is 0 Å². The summed E-state index contributed by atoms with van der Waals surface area (Å²) in [7, 11) is 2.14. The Morgan fingerprint density at radius 1 is 1.33 bits per heavy atom. The molecule has 88 valence electrons. The monoisotopic (exact) mass is 211 g/mol. The number of rotatable bonds is 3. The summed E-state index contributed by atoms with van der Waals surface area (Å²) in [6.07, 6.45) is 5.42. The predicted octanol–water partition coefficient (Wildman–Crippen LogP) is 1.09. The first-order chi connectivity index (χ1) is 7.00. The van der Waals surface area contributed by atoms with Gasteiger partial charge in [0.05, 0.1) is 0 Å². The molecule has 0 aromatic carbocycles. The molecule has 0 aromatic rings. The van der Waals surface area contributed by atoms with Crippen LogP contribution >= 0.6 is 0 Å². The van der Waals surface area contributed by atoms with Crippen molar-refractivity contribution in [3.8, 4) is 0 Å². The molecule has 3 nitrogen and oxygen atoms in total. The highest BCUT2D eigenvalue weighted by atomic mass is 15.1. The van der Waals surface area contributed by atoms with E-state index in [1.165, 1.54) is 5.57 Å². The zero-order valence-corrected chi connectivity index (χ0v) is 10.2. The van der Waals surface area contributed by atoms with Crippen molar-refractivity contribution < 1.29 is 0 Å². The van der Waals surface area contributed by atoms with Crippen LogP contribution in [0, 0.1) is 0 Å². The lowest BCUT2D eigenvalue weighted by atomic mass is 9.87. The van der Waals surface area contributed by atoms with Crippen LogP contribution in [0.2, 0.25) is 0 Å². The third-order valence-electron chi connectivity index (χ3n) is 3.26. The van der Waals surface area contributed by atoms with Gasteiger partial charge in [0.1, 0.15) is 0 Å². The van der Waals surface area contributed by atoms with Gasteiger partial charge < -0.3 is 11.5 Å². The van der Waals surface area contributed by atoms with Crippen molar-refractivity contribution in [1.82, 2.24) is 4.90 Å². The normalized spacial score (nSPS) is 31.7. The van der Waals surface area contributed by atoms with Crippen molar-refractivity contribution in [2.45, 2.75) is 51.2 Å². The molecule has 4 N–H and O–H groups in total. The fraction of sp³-hybridized carbons (Fsp3) is 0.833. The van der Waals surface area contributed by atoms with E-state index in [0.717, 1.165) is 25.8 Å². The molecule has 0 aliphatic heterocycles. The molecule has 1 rings (SSSR count). The molecule has 1 fully saturated rings. The van der Waals surface area contributed by atoms with Crippen LogP contribution in [0.4, 0.5) is 0 Å². The summed E-state index contributed by atoms with van der Waals surface area (Å²) in [4.78, 5) is 2.33. The van der Waals surface area contributed by atoms with Crippen molar-refractivity contribution in [2.75, 3.05) is 13.6 Å². The van der Waals surface area contributed by atoms with Gasteiger partial charge in [-0.05, 0) is 40.2 Å². The van der Waals surface area contributed by atoms with Crippen LogP contribution in [0.1, 0.15) is 33.1 Å². The van der Waals surface area contributed by atoms with E-state index in [0.29, 0.717) is 18.1 Å². The molecule has 0 aromatic heterocycles. The third-order valence-corrected chi connectivity index (χ3v) is 3.26. The van der Waals surface area contributed by atoms with Crippen molar-refractivity contribution in [3.05, 3.63) is 11.6 Å². The Kier molecular flexibility index (Phi) is 4.77. The Morgan fingerprint density at radius 2 is 2.00 bits per heavy atom. The average molecular weight is 211 g/mol. The molecule has 0 heterocycles. The number of hydrogen-bond acceptors (Lipinski definition) is 3. The van der Waals surface area contributed by atoms with Crippen LogP contribution in [0.5, 0.6) is 0 Å². The van der Waals surface area contributed by atoms with Crippen LogP contribution in [-0.4, -0.2) is 36.6 Å². The van der Waals surface area contributed by atoms with Gasteiger partial charge in [0.2, 0.25) is 0 Å². The number of likely N-dealkylation sites (N-methyl/N-ethyl adjacent to an activating group) is 1. The second kappa shape index (κ2) is 5.64. The van der Waals surface area contributed by atoms with Crippen molar-refractivity contribution in [2.24, 2.45) is 11.5 Å². The predicted molar refractivity (Wildman–Crippen MR) is 65.7 cm³/mol. The Hall–Kier alpha value is -0.380. The number of allylic oxidation sites excluding steroid dienone is 1. The SMILES string of the molecule is CC(C)=CCN(C)C1CC(N)CCC1N. The van der Waals surface area contributed by atoms with Crippen LogP contribution in [0.25, 0.3) is 0 Å². The minimum Gasteiger partial charge on any atom is -0.328 e. The van der Waals surface area contributed by atoms with Crippen molar-refractivity contribution in [3.63, 3.8) is 0 Å². The molecule has 1 saturated carbocycles. The summed E-state index contributed by atoms with van der Waals surface area (Å²) in [5.41, 5.74) is 13.5. The first-order valence-electron chi connectivity index (χ1n) is 5.85. The van der Waals surface area contributed by atoms with Crippen LogP contribution in [-0.2, 0) is 0 Å². The molecule has 1 aliphatic rings. The lowest BCUT2D eigenvalue weighted by Gasteiger charge is -2.38. The van der Waals surface area contributed by atoms with Crippen LogP contribution < -0.4 is 11.5 Å². The van der Waals surface area contributed by atoms with E-state index in [2.05, 4.69) is 31.9 Å². The molecule has 3 atom stereocenters. The maximum atomic E-state index is 6.13. The first kappa shape index (κ1) is 12.7. The van der Waals surface area contributed by atoms with Gasteiger partial charge in [0.25, 0.3) is 0 Å². The Balaban J connectivity index is 2.49. The highest BCUT2D eigenvalue weighted by molar-refractivity contribution is 4.97. The smallest absolute Gasteiger partial charge is 0.0262 e. The molecule has 15 heavy (non-hydrogen) atoms. The Morgan fingerprint density at radius 3 is 2.60 bits per heavy atom. The third kappa shape index (κ3) is 3.93. The summed E-state index contributed by atoms with van der Waals surface area (Å²) < 4.78 is 0. The quantitative estimate of drug-likeness (QED) is 0.687. The molecule has 0 spiro atoms. The van der Waals surface area contributed by atoms with Gasteiger partial charge in [0, 0.05) is 24.7 Å². The van der Waals surface area contributed by atoms with Crippen molar-refractivity contribution >= 4 is 0 Å². The highest BCUT2D eigenvalue weighted by Crippen LogP contribution is 2.20. The molecule has 1 aliphatic carbocycles. The molecule has 0 saturated heterocycles. The number of nitrogens with two attached hydrogens (primary N) is 2. The van der Waals surface area contributed by atoms with Gasteiger partial charge >= 0.3 is 0 Å². The summed E-state index contributed by atoms with van der Waals surface area (Å²) in [6.45, 7) is 5.23. The summed E-state index contributed by atoms with van der Waals surface area (Å²) in [6, 6.07) is 1.08. The molecule has 0 radical (unpaired) electrons. The fourth-order valence-electron chi connectivity index (χ4n) is 2.17. The lowest BCUT2D eigenvalue weighted by molar-refractivity contribution is 0.171. The summed E-state index contributed by atoms with van der Waals surface area (Å²) >= 11 is 0. The fourth-order valence-corrected chi connectivity index (χ4v) is 2.17. The van der Waals surface area contributed by atoms with E-state index < -0.39 is 0 Å².